The smallest absolute Gasteiger partial charge is 0.406 e. The second-order valence-corrected chi connectivity index (χ2v) is 12.2. The van der Waals surface area contributed by atoms with Gasteiger partial charge in [0, 0.05) is 26.2 Å². The number of sulfonamides is 1. The number of benzene rings is 2. The zero-order valence-corrected chi connectivity index (χ0v) is 23.4. The predicted molar refractivity (Wildman–Crippen MR) is 141 cm³/mol. The summed E-state index contributed by atoms with van der Waals surface area (Å²) in [6.45, 7) is 4.28. The average Bonchev–Trinajstić information content (AvgIpc) is 3.08. The zero-order valence-electron chi connectivity index (χ0n) is 21.0. The second kappa shape index (κ2) is 12.4. The second-order valence-electron chi connectivity index (χ2n) is 9.45. The molecule has 0 bridgehead atoms. The summed E-state index contributed by atoms with van der Waals surface area (Å²) in [6.07, 6.45) is -2.58. The maximum atomic E-state index is 13.6. The zero-order chi connectivity index (χ0) is 28.1. The quantitative estimate of drug-likeness (QED) is 0.449. The first kappa shape index (κ1) is 30.5. The van der Waals surface area contributed by atoms with Crippen LogP contribution in [-0.2, 0) is 26.8 Å². The largest absolute Gasteiger partial charge is 0.573 e. The summed E-state index contributed by atoms with van der Waals surface area (Å²) in [7, 11) is -3.28. The van der Waals surface area contributed by atoms with Crippen LogP contribution < -0.4 is 10.1 Å². The number of hydrogen-bond donors (Lipinski definition) is 1. The van der Waals surface area contributed by atoms with Crippen molar-refractivity contribution in [3.05, 3.63) is 63.6 Å². The van der Waals surface area contributed by atoms with Crippen molar-refractivity contribution in [2.75, 3.05) is 39.0 Å². The average molecular weight is 596 g/mol. The lowest BCUT2D eigenvalue weighted by Crippen LogP contribution is -2.44. The highest BCUT2D eigenvalue weighted by molar-refractivity contribution is 7.88. The van der Waals surface area contributed by atoms with Gasteiger partial charge in [-0.15, -0.1) is 13.2 Å². The number of carbonyl (C=O) groups is 1. The van der Waals surface area contributed by atoms with Crippen LogP contribution in [0.5, 0.6) is 5.75 Å². The Labute approximate surface area is 230 Å². The van der Waals surface area contributed by atoms with Crippen molar-refractivity contribution in [2.24, 2.45) is 0 Å². The number of ether oxygens (including phenoxy) is 1. The maximum Gasteiger partial charge on any atom is 0.573 e. The Morgan fingerprint density at radius 3 is 2.45 bits per heavy atom. The fourth-order valence-electron chi connectivity index (χ4n) is 4.34. The molecular formula is C25H30Cl2F3N3O4S. The fourth-order valence-corrected chi connectivity index (χ4v) is 5.51. The van der Waals surface area contributed by atoms with Gasteiger partial charge in [0.05, 0.1) is 21.7 Å². The van der Waals surface area contributed by atoms with E-state index in [9.17, 15) is 26.4 Å². The predicted octanol–water partition coefficient (Wildman–Crippen LogP) is 4.82. The maximum absolute atomic E-state index is 13.6. The lowest BCUT2D eigenvalue weighted by Gasteiger charge is -2.32. The van der Waals surface area contributed by atoms with Crippen LogP contribution in [-0.4, -0.2) is 68.9 Å². The first-order chi connectivity index (χ1) is 17.7. The van der Waals surface area contributed by atoms with E-state index in [0.29, 0.717) is 66.7 Å². The van der Waals surface area contributed by atoms with Crippen LogP contribution in [0.25, 0.3) is 0 Å². The number of hydrogen-bond acceptors (Lipinski definition) is 5. The highest BCUT2D eigenvalue weighted by Crippen LogP contribution is 2.33. The van der Waals surface area contributed by atoms with Crippen molar-refractivity contribution in [1.82, 2.24) is 14.5 Å². The molecule has 1 saturated heterocycles. The van der Waals surface area contributed by atoms with Crippen molar-refractivity contribution < 1.29 is 31.1 Å². The number of rotatable bonds is 9. The monoisotopic (exact) mass is 595 g/mol. The van der Waals surface area contributed by atoms with Gasteiger partial charge in [0.2, 0.25) is 15.9 Å². The molecule has 2 aromatic rings. The highest BCUT2D eigenvalue weighted by Gasteiger charge is 2.36. The SMILES string of the molecule is CC(CCN1CCCN(S(C)(=O)=O)CC1)(C(=O)NCc1cccc(OC(F)(F)F)c1)c1ccc(Cl)c(Cl)c1. The Balaban J connectivity index is 1.76. The number of alkyl halides is 3. The van der Waals surface area contributed by atoms with Gasteiger partial charge in [0.15, 0.2) is 0 Å². The molecule has 2 aromatic carbocycles. The van der Waals surface area contributed by atoms with E-state index in [1.54, 1.807) is 31.2 Å². The third-order valence-corrected chi connectivity index (χ3v) is 8.63. The summed E-state index contributed by atoms with van der Waals surface area (Å²) in [4.78, 5) is 15.7. The van der Waals surface area contributed by atoms with Crippen molar-refractivity contribution in [3.63, 3.8) is 0 Å². The van der Waals surface area contributed by atoms with Gasteiger partial charge in [-0.2, -0.15) is 0 Å². The highest BCUT2D eigenvalue weighted by atomic mass is 35.5. The number of carbonyl (C=O) groups excluding carboxylic acids is 1. The Hall–Kier alpha value is -2.05. The fraction of sp³-hybridized carbons (Fsp3) is 0.480. The molecule has 1 unspecified atom stereocenters. The first-order valence-corrected chi connectivity index (χ1v) is 14.5. The van der Waals surface area contributed by atoms with Crippen molar-refractivity contribution >= 4 is 39.1 Å². The third kappa shape index (κ3) is 8.47. The molecule has 0 aliphatic carbocycles. The molecule has 1 aliphatic heterocycles. The molecule has 1 aliphatic rings. The molecule has 13 heteroatoms. The molecule has 0 saturated carbocycles. The van der Waals surface area contributed by atoms with Gasteiger partial charge in [-0.05, 0) is 68.2 Å². The molecule has 1 heterocycles. The third-order valence-electron chi connectivity index (χ3n) is 6.59. The molecule has 0 spiro atoms. The van der Waals surface area contributed by atoms with Crippen LogP contribution in [0.4, 0.5) is 13.2 Å². The standard InChI is InChI=1S/C25H30Cl2F3N3O4S/c1-24(19-7-8-21(26)22(27)16-19,9-12-32-10-4-11-33(14-13-32)38(2,35)36)23(34)31-17-18-5-3-6-20(15-18)37-25(28,29)30/h3,5-8,15-16H,4,9-14,17H2,1-2H3,(H,31,34). The molecule has 0 aromatic heterocycles. The Morgan fingerprint density at radius 1 is 1.05 bits per heavy atom. The first-order valence-electron chi connectivity index (χ1n) is 11.9. The van der Waals surface area contributed by atoms with Crippen LogP contribution in [0.2, 0.25) is 10.0 Å². The number of nitrogens with zero attached hydrogens (tertiary/aromatic N) is 2. The van der Waals surface area contributed by atoms with Crippen LogP contribution >= 0.6 is 23.2 Å². The van der Waals surface area contributed by atoms with E-state index in [2.05, 4.69) is 15.0 Å². The molecule has 3 rings (SSSR count). The molecule has 38 heavy (non-hydrogen) atoms. The van der Waals surface area contributed by atoms with Crippen molar-refractivity contribution in [2.45, 2.75) is 38.1 Å². The summed E-state index contributed by atoms with van der Waals surface area (Å²) < 4.78 is 67.1. The van der Waals surface area contributed by atoms with Gasteiger partial charge >= 0.3 is 6.36 Å². The minimum atomic E-state index is -4.82. The van der Waals surface area contributed by atoms with Crippen LogP contribution in [0.15, 0.2) is 42.5 Å². The Kier molecular flexibility index (Phi) is 9.97. The van der Waals surface area contributed by atoms with Gasteiger partial charge in [-0.25, -0.2) is 12.7 Å². The summed E-state index contributed by atoms with van der Waals surface area (Å²) >= 11 is 12.3. The van der Waals surface area contributed by atoms with E-state index >= 15 is 0 Å². The number of nitrogens with one attached hydrogen (secondary N) is 1. The lowest BCUT2D eigenvalue weighted by atomic mass is 9.78. The molecule has 1 N–H and O–H groups in total. The molecule has 210 valence electrons. The Bertz CT molecular complexity index is 1250. The van der Waals surface area contributed by atoms with Crippen molar-refractivity contribution in [3.8, 4) is 5.75 Å². The topological polar surface area (TPSA) is 79.0 Å². The summed E-state index contributed by atoms with van der Waals surface area (Å²) in [5, 5.41) is 3.46. The summed E-state index contributed by atoms with van der Waals surface area (Å²) in [5.74, 6) is -0.716. The van der Waals surface area contributed by atoms with Gasteiger partial charge in [-0.1, -0.05) is 41.4 Å². The van der Waals surface area contributed by atoms with E-state index in [4.69, 9.17) is 23.2 Å². The van der Waals surface area contributed by atoms with Gasteiger partial charge in [0.1, 0.15) is 5.75 Å². The summed E-state index contributed by atoms with van der Waals surface area (Å²) in [6, 6.07) is 10.4. The van der Waals surface area contributed by atoms with E-state index in [1.807, 2.05) is 0 Å². The molecule has 1 fully saturated rings. The Morgan fingerprint density at radius 2 is 1.79 bits per heavy atom. The normalized spacial score (nSPS) is 17.4. The van der Waals surface area contributed by atoms with Crippen molar-refractivity contribution in [1.29, 1.82) is 0 Å². The lowest BCUT2D eigenvalue weighted by molar-refractivity contribution is -0.274. The van der Waals surface area contributed by atoms with E-state index in [-0.39, 0.29) is 18.2 Å². The number of halogens is 5. The van der Waals surface area contributed by atoms with E-state index in [1.165, 1.54) is 28.8 Å². The minimum absolute atomic E-state index is 0.0160. The summed E-state index contributed by atoms with van der Waals surface area (Å²) in [5.41, 5.74) is 0.00745. The molecule has 0 radical (unpaired) electrons. The van der Waals surface area contributed by atoms with Gasteiger partial charge in [0.25, 0.3) is 0 Å². The molecular weight excluding hydrogens is 566 g/mol. The molecule has 1 amide bonds. The van der Waals surface area contributed by atoms with Crippen LogP contribution in [0.1, 0.15) is 30.9 Å². The van der Waals surface area contributed by atoms with Crippen LogP contribution in [0.3, 0.4) is 0 Å². The molecule has 7 nitrogen and oxygen atoms in total. The van der Waals surface area contributed by atoms with Crippen LogP contribution in [0, 0.1) is 0 Å². The molecule has 1 atom stereocenters. The van der Waals surface area contributed by atoms with Gasteiger partial charge < -0.3 is 15.0 Å². The van der Waals surface area contributed by atoms with Gasteiger partial charge in [-0.3, -0.25) is 4.79 Å². The van der Waals surface area contributed by atoms with E-state index < -0.39 is 21.8 Å². The minimum Gasteiger partial charge on any atom is -0.406 e. The van der Waals surface area contributed by atoms with E-state index in [0.717, 1.165) is 0 Å². The number of amides is 1.